The van der Waals surface area contributed by atoms with Gasteiger partial charge < -0.3 is 14.6 Å². The maximum absolute atomic E-state index is 5.21. The lowest BCUT2D eigenvalue weighted by atomic mass is 10.2. The predicted octanol–water partition coefficient (Wildman–Crippen LogP) is 1.45. The van der Waals surface area contributed by atoms with E-state index in [1.807, 2.05) is 20.9 Å². The van der Waals surface area contributed by atoms with Crippen LogP contribution < -0.4 is 5.32 Å². The van der Waals surface area contributed by atoms with Crippen LogP contribution in [0, 0.1) is 0 Å². The van der Waals surface area contributed by atoms with Crippen LogP contribution in [0.5, 0.6) is 0 Å². The molecule has 1 heterocycles. The zero-order valence-electron chi connectivity index (χ0n) is 9.07. The van der Waals surface area contributed by atoms with Gasteiger partial charge in [0.1, 0.15) is 6.10 Å². The van der Waals surface area contributed by atoms with Gasteiger partial charge in [0.25, 0.3) is 0 Å². The first-order chi connectivity index (χ1) is 6.72. The van der Waals surface area contributed by atoms with E-state index in [4.69, 9.17) is 9.26 Å². The maximum Gasteiger partial charge on any atom is 0.243 e. The van der Waals surface area contributed by atoms with Gasteiger partial charge in [-0.2, -0.15) is 4.98 Å². The SMILES string of the molecule is CCC(OC)c1noc(C(C)NC)n1. The number of ether oxygens (including phenoxy) is 1. The van der Waals surface area contributed by atoms with Crippen LogP contribution in [0.3, 0.4) is 0 Å². The molecule has 0 radical (unpaired) electrons. The number of nitrogens with one attached hydrogen (secondary N) is 1. The van der Waals surface area contributed by atoms with Gasteiger partial charge in [-0.1, -0.05) is 12.1 Å². The van der Waals surface area contributed by atoms with E-state index in [9.17, 15) is 0 Å². The van der Waals surface area contributed by atoms with Gasteiger partial charge in [-0.3, -0.25) is 0 Å². The van der Waals surface area contributed by atoms with Gasteiger partial charge in [0, 0.05) is 7.11 Å². The Kier molecular flexibility index (Phi) is 4.03. The number of aromatic nitrogens is 2. The molecular formula is C9H17N3O2. The summed E-state index contributed by atoms with van der Waals surface area (Å²) in [7, 11) is 3.49. The lowest BCUT2D eigenvalue weighted by Gasteiger charge is -2.06. The summed E-state index contributed by atoms with van der Waals surface area (Å²) >= 11 is 0. The van der Waals surface area contributed by atoms with Crippen LogP contribution in [-0.4, -0.2) is 24.3 Å². The van der Waals surface area contributed by atoms with Gasteiger partial charge in [0.15, 0.2) is 0 Å². The first kappa shape index (κ1) is 11.1. The zero-order chi connectivity index (χ0) is 10.6. The predicted molar refractivity (Wildman–Crippen MR) is 51.8 cm³/mol. The minimum absolute atomic E-state index is 0.0726. The summed E-state index contributed by atoms with van der Waals surface area (Å²) < 4.78 is 10.3. The van der Waals surface area contributed by atoms with Crippen LogP contribution in [0.4, 0.5) is 0 Å². The van der Waals surface area contributed by atoms with Crippen LogP contribution >= 0.6 is 0 Å². The van der Waals surface area contributed by atoms with Crippen LogP contribution in [0.25, 0.3) is 0 Å². The normalized spacial score (nSPS) is 15.4. The lowest BCUT2D eigenvalue weighted by molar-refractivity contribution is 0.0903. The summed E-state index contributed by atoms with van der Waals surface area (Å²) in [4.78, 5) is 4.26. The quantitative estimate of drug-likeness (QED) is 0.777. The third kappa shape index (κ3) is 2.30. The highest BCUT2D eigenvalue weighted by Crippen LogP contribution is 2.18. The smallest absolute Gasteiger partial charge is 0.243 e. The largest absolute Gasteiger partial charge is 0.373 e. The lowest BCUT2D eigenvalue weighted by Crippen LogP contribution is -2.12. The molecule has 5 heteroatoms. The van der Waals surface area contributed by atoms with E-state index in [1.54, 1.807) is 7.11 Å². The van der Waals surface area contributed by atoms with E-state index in [0.717, 1.165) is 6.42 Å². The third-order valence-corrected chi connectivity index (χ3v) is 2.20. The van der Waals surface area contributed by atoms with E-state index < -0.39 is 0 Å². The molecule has 0 aromatic carbocycles. The van der Waals surface area contributed by atoms with Crippen molar-refractivity contribution in [3.05, 3.63) is 11.7 Å². The average Bonchev–Trinajstić information content (AvgIpc) is 2.68. The Morgan fingerprint density at radius 3 is 2.79 bits per heavy atom. The van der Waals surface area contributed by atoms with E-state index in [1.165, 1.54) is 0 Å². The van der Waals surface area contributed by atoms with Crippen molar-refractivity contribution in [2.24, 2.45) is 0 Å². The van der Waals surface area contributed by atoms with Gasteiger partial charge in [-0.15, -0.1) is 0 Å². The number of rotatable bonds is 5. The molecule has 1 N–H and O–H groups in total. The molecular weight excluding hydrogens is 182 g/mol. The molecule has 0 amide bonds. The van der Waals surface area contributed by atoms with Gasteiger partial charge in [-0.05, 0) is 20.4 Å². The topological polar surface area (TPSA) is 60.2 Å². The molecule has 0 saturated heterocycles. The summed E-state index contributed by atoms with van der Waals surface area (Å²) in [5, 5.41) is 6.91. The molecule has 0 fully saturated rings. The van der Waals surface area contributed by atoms with Crippen molar-refractivity contribution in [3.8, 4) is 0 Å². The van der Waals surface area contributed by atoms with Crippen molar-refractivity contribution in [3.63, 3.8) is 0 Å². The molecule has 80 valence electrons. The van der Waals surface area contributed by atoms with E-state index in [0.29, 0.717) is 11.7 Å². The molecule has 1 aromatic rings. The Labute approximate surface area is 83.8 Å². The van der Waals surface area contributed by atoms with Crippen molar-refractivity contribution in [1.29, 1.82) is 0 Å². The van der Waals surface area contributed by atoms with Crippen LogP contribution in [0.15, 0.2) is 4.52 Å². The van der Waals surface area contributed by atoms with Gasteiger partial charge in [0.05, 0.1) is 6.04 Å². The molecule has 0 spiro atoms. The minimum atomic E-state index is -0.0726. The zero-order valence-corrected chi connectivity index (χ0v) is 9.07. The van der Waals surface area contributed by atoms with Crippen molar-refractivity contribution < 1.29 is 9.26 Å². The molecule has 0 saturated carbocycles. The molecule has 14 heavy (non-hydrogen) atoms. The molecule has 0 aliphatic rings. The number of nitrogens with zero attached hydrogens (tertiary/aromatic N) is 2. The van der Waals surface area contributed by atoms with Gasteiger partial charge >= 0.3 is 0 Å². The van der Waals surface area contributed by atoms with Crippen molar-refractivity contribution in [2.75, 3.05) is 14.2 Å². The van der Waals surface area contributed by atoms with Crippen LogP contribution in [0.2, 0.25) is 0 Å². The van der Waals surface area contributed by atoms with Crippen molar-refractivity contribution in [1.82, 2.24) is 15.5 Å². The highest BCUT2D eigenvalue weighted by Gasteiger charge is 2.18. The first-order valence-electron chi connectivity index (χ1n) is 4.76. The highest BCUT2D eigenvalue weighted by atomic mass is 16.5. The molecule has 2 atom stereocenters. The number of hydrogen-bond acceptors (Lipinski definition) is 5. The molecule has 5 nitrogen and oxygen atoms in total. The van der Waals surface area contributed by atoms with Crippen molar-refractivity contribution in [2.45, 2.75) is 32.4 Å². The number of hydrogen-bond donors (Lipinski definition) is 1. The molecule has 2 unspecified atom stereocenters. The summed E-state index contributed by atoms with van der Waals surface area (Å²) in [5.41, 5.74) is 0. The molecule has 1 rings (SSSR count). The molecule has 0 aliphatic carbocycles. The van der Waals surface area contributed by atoms with Crippen LogP contribution in [-0.2, 0) is 4.74 Å². The van der Waals surface area contributed by atoms with E-state index >= 15 is 0 Å². The minimum Gasteiger partial charge on any atom is -0.373 e. The summed E-state index contributed by atoms with van der Waals surface area (Å²) in [5.74, 6) is 1.21. The second kappa shape index (κ2) is 5.07. The average molecular weight is 199 g/mol. The summed E-state index contributed by atoms with van der Waals surface area (Å²) in [6.07, 6.45) is 0.764. The fourth-order valence-corrected chi connectivity index (χ4v) is 1.13. The molecule has 0 bridgehead atoms. The Morgan fingerprint density at radius 1 is 1.57 bits per heavy atom. The monoisotopic (exact) mass is 199 g/mol. The van der Waals surface area contributed by atoms with E-state index in [-0.39, 0.29) is 12.1 Å². The van der Waals surface area contributed by atoms with Gasteiger partial charge in [-0.25, -0.2) is 0 Å². The number of methoxy groups -OCH3 is 1. The Morgan fingerprint density at radius 2 is 2.29 bits per heavy atom. The summed E-state index contributed by atoms with van der Waals surface area (Å²) in [6, 6.07) is 0.0746. The van der Waals surface area contributed by atoms with Crippen LogP contribution in [0.1, 0.15) is 44.1 Å². The first-order valence-corrected chi connectivity index (χ1v) is 4.76. The Bertz CT molecular complexity index is 271. The Hall–Kier alpha value is -0.940. The van der Waals surface area contributed by atoms with Crippen molar-refractivity contribution >= 4 is 0 Å². The fourth-order valence-electron chi connectivity index (χ4n) is 1.13. The second-order valence-corrected chi connectivity index (χ2v) is 3.13. The molecule has 0 aliphatic heterocycles. The Balaban J connectivity index is 2.76. The third-order valence-electron chi connectivity index (χ3n) is 2.20. The van der Waals surface area contributed by atoms with Gasteiger partial charge in [0.2, 0.25) is 11.7 Å². The summed E-state index contributed by atoms with van der Waals surface area (Å²) in [6.45, 7) is 3.98. The molecule has 1 aromatic heterocycles. The van der Waals surface area contributed by atoms with E-state index in [2.05, 4.69) is 15.5 Å². The fraction of sp³-hybridized carbons (Fsp3) is 0.778. The standard InChI is InChI=1S/C9H17N3O2/c1-5-7(13-4)8-11-9(14-12-8)6(2)10-3/h6-7,10H,5H2,1-4H3. The second-order valence-electron chi connectivity index (χ2n) is 3.13. The maximum atomic E-state index is 5.21. The highest BCUT2D eigenvalue weighted by molar-refractivity contribution is 4.94.